The van der Waals surface area contributed by atoms with Crippen LogP contribution < -0.4 is 14.2 Å². The van der Waals surface area contributed by atoms with Crippen LogP contribution in [0.25, 0.3) is 0 Å². The molecule has 0 amide bonds. The minimum absolute atomic E-state index is 0.0322. The number of aryl methyl sites for hydroxylation is 1. The predicted molar refractivity (Wildman–Crippen MR) is 121 cm³/mol. The van der Waals surface area contributed by atoms with Crippen LogP contribution in [-0.4, -0.2) is 93.4 Å². The Kier molecular flexibility index (Phi) is 9.52. The lowest BCUT2D eigenvalue weighted by molar-refractivity contribution is -0.242. The topological polar surface area (TPSA) is 179 Å². The van der Waals surface area contributed by atoms with Gasteiger partial charge in [-0.1, -0.05) is 12.1 Å². The SMILES string of the molecule is COc1cc([C@@H](O)[C@H](CO)Oc2ccc(CCCO)cc2O)ccc1O[C@@H]1OC[C@@H](O)[C@H](O)[C@H]1O. The van der Waals surface area contributed by atoms with Gasteiger partial charge in [0.1, 0.15) is 24.4 Å². The molecular weight excluding hydrogens is 464 g/mol. The van der Waals surface area contributed by atoms with Crippen molar-refractivity contribution in [2.75, 3.05) is 26.9 Å². The second-order valence-electron chi connectivity index (χ2n) is 8.19. The molecular formula is C24H32O11. The molecule has 0 saturated carbocycles. The number of aliphatic hydroxyl groups excluding tert-OH is 6. The van der Waals surface area contributed by atoms with Crippen LogP contribution in [0, 0.1) is 0 Å². The average Bonchev–Trinajstić information content (AvgIpc) is 2.87. The van der Waals surface area contributed by atoms with Crippen molar-refractivity contribution in [3.63, 3.8) is 0 Å². The minimum atomic E-state index is -1.50. The van der Waals surface area contributed by atoms with E-state index >= 15 is 0 Å². The van der Waals surface area contributed by atoms with Gasteiger partial charge in [-0.15, -0.1) is 0 Å². The highest BCUT2D eigenvalue weighted by molar-refractivity contribution is 5.45. The van der Waals surface area contributed by atoms with Gasteiger partial charge in [0.15, 0.2) is 29.1 Å². The lowest BCUT2D eigenvalue weighted by atomic mass is 10.0. The second kappa shape index (κ2) is 12.4. The number of phenolic OH excluding ortho intramolecular Hbond substituents is 1. The Morgan fingerprint density at radius 3 is 2.40 bits per heavy atom. The first-order valence-corrected chi connectivity index (χ1v) is 11.2. The smallest absolute Gasteiger partial charge is 0.229 e. The maximum atomic E-state index is 10.8. The van der Waals surface area contributed by atoms with Crippen LogP contribution in [0.15, 0.2) is 36.4 Å². The molecule has 1 heterocycles. The molecule has 6 atom stereocenters. The first-order valence-electron chi connectivity index (χ1n) is 11.2. The van der Waals surface area contributed by atoms with Crippen molar-refractivity contribution in [2.24, 2.45) is 0 Å². The molecule has 1 fully saturated rings. The number of ether oxygens (including phenoxy) is 4. The van der Waals surface area contributed by atoms with Crippen LogP contribution in [-0.2, 0) is 11.2 Å². The molecule has 0 aliphatic carbocycles. The molecule has 1 saturated heterocycles. The van der Waals surface area contributed by atoms with Gasteiger partial charge in [-0.2, -0.15) is 0 Å². The number of methoxy groups -OCH3 is 1. The fourth-order valence-corrected chi connectivity index (χ4v) is 3.65. The maximum Gasteiger partial charge on any atom is 0.229 e. The zero-order valence-electron chi connectivity index (χ0n) is 19.2. The van der Waals surface area contributed by atoms with Crippen LogP contribution >= 0.6 is 0 Å². The highest BCUT2D eigenvalue weighted by atomic mass is 16.7. The quantitative estimate of drug-likeness (QED) is 0.216. The Morgan fingerprint density at radius 1 is 1.00 bits per heavy atom. The Balaban J connectivity index is 1.72. The molecule has 11 heteroatoms. The van der Waals surface area contributed by atoms with Crippen LogP contribution in [0.2, 0.25) is 0 Å². The molecule has 0 bridgehead atoms. The fourth-order valence-electron chi connectivity index (χ4n) is 3.65. The van der Waals surface area contributed by atoms with E-state index in [1.54, 1.807) is 6.07 Å². The molecule has 7 N–H and O–H groups in total. The summed E-state index contributed by atoms with van der Waals surface area (Å²) in [6.45, 7) is -0.757. The fraction of sp³-hybridized carbons (Fsp3) is 0.500. The van der Waals surface area contributed by atoms with Crippen molar-refractivity contribution in [1.82, 2.24) is 0 Å². The van der Waals surface area contributed by atoms with E-state index in [-0.39, 0.29) is 36.2 Å². The van der Waals surface area contributed by atoms with Crippen molar-refractivity contribution < 1.29 is 54.7 Å². The van der Waals surface area contributed by atoms with Crippen LogP contribution in [0.3, 0.4) is 0 Å². The molecule has 0 spiro atoms. The van der Waals surface area contributed by atoms with E-state index in [0.717, 1.165) is 5.56 Å². The first kappa shape index (κ1) is 27.0. The molecule has 1 aliphatic heterocycles. The molecule has 2 aromatic rings. The van der Waals surface area contributed by atoms with Crippen LogP contribution in [0.4, 0.5) is 0 Å². The molecule has 0 radical (unpaired) electrons. The highest BCUT2D eigenvalue weighted by Crippen LogP contribution is 2.35. The number of hydrogen-bond acceptors (Lipinski definition) is 11. The van der Waals surface area contributed by atoms with Gasteiger partial charge < -0.3 is 54.7 Å². The maximum absolute atomic E-state index is 10.8. The average molecular weight is 497 g/mol. The Bertz CT molecular complexity index is 953. The van der Waals surface area contributed by atoms with Crippen LogP contribution in [0.1, 0.15) is 23.7 Å². The van der Waals surface area contributed by atoms with E-state index in [4.69, 9.17) is 24.1 Å². The van der Waals surface area contributed by atoms with Gasteiger partial charge in [0.05, 0.1) is 20.3 Å². The summed E-state index contributed by atoms with van der Waals surface area (Å²) in [5, 5.41) is 69.3. The van der Waals surface area contributed by atoms with E-state index in [9.17, 15) is 30.6 Å². The summed E-state index contributed by atoms with van der Waals surface area (Å²) in [5.74, 6) is 0.233. The molecule has 2 aromatic carbocycles. The molecule has 3 rings (SSSR count). The minimum Gasteiger partial charge on any atom is -0.504 e. The molecule has 0 unspecified atom stereocenters. The molecule has 11 nitrogen and oxygen atoms in total. The lowest BCUT2D eigenvalue weighted by Crippen LogP contribution is -2.54. The van der Waals surface area contributed by atoms with E-state index in [1.165, 1.54) is 37.4 Å². The van der Waals surface area contributed by atoms with E-state index in [0.29, 0.717) is 18.4 Å². The second-order valence-corrected chi connectivity index (χ2v) is 8.19. The summed E-state index contributed by atoms with van der Waals surface area (Å²) in [6.07, 6.45) is -6.75. The number of phenols is 1. The van der Waals surface area contributed by atoms with Crippen LogP contribution in [0.5, 0.6) is 23.0 Å². The van der Waals surface area contributed by atoms with E-state index in [2.05, 4.69) is 0 Å². The monoisotopic (exact) mass is 496 g/mol. The summed E-state index contributed by atoms with van der Waals surface area (Å²) in [5.41, 5.74) is 1.12. The highest BCUT2D eigenvalue weighted by Gasteiger charge is 2.39. The standard InChI is InChI=1S/C24H32O11/c1-32-19-10-14(5-7-18(19)35-24-23(31)22(30)16(28)12-33-24)21(29)20(11-26)34-17-6-4-13(3-2-8-25)9-15(17)27/h4-7,9-10,16,20-31H,2-3,8,11-12H2,1H3/t16-,20+,21-,22+,23-,24+/m1/s1. The van der Waals surface area contributed by atoms with Gasteiger partial charge in [0, 0.05) is 6.61 Å². The van der Waals surface area contributed by atoms with Gasteiger partial charge in [-0.25, -0.2) is 0 Å². The lowest BCUT2D eigenvalue weighted by Gasteiger charge is -2.35. The third-order valence-electron chi connectivity index (χ3n) is 5.68. The molecule has 35 heavy (non-hydrogen) atoms. The van der Waals surface area contributed by atoms with Crippen molar-refractivity contribution >= 4 is 0 Å². The number of benzene rings is 2. The van der Waals surface area contributed by atoms with Crippen molar-refractivity contribution in [2.45, 2.75) is 49.7 Å². The van der Waals surface area contributed by atoms with Gasteiger partial charge in [0.2, 0.25) is 6.29 Å². The number of aromatic hydroxyl groups is 1. The van der Waals surface area contributed by atoms with Crippen molar-refractivity contribution in [3.8, 4) is 23.0 Å². The van der Waals surface area contributed by atoms with E-state index < -0.39 is 43.4 Å². The largest absolute Gasteiger partial charge is 0.504 e. The molecule has 1 aliphatic rings. The normalized spacial score (nSPS) is 24.0. The Labute approximate surface area is 202 Å². The van der Waals surface area contributed by atoms with Gasteiger partial charge in [0.25, 0.3) is 0 Å². The third kappa shape index (κ3) is 6.53. The third-order valence-corrected chi connectivity index (χ3v) is 5.68. The first-order chi connectivity index (χ1) is 16.8. The van der Waals surface area contributed by atoms with Crippen molar-refractivity contribution in [1.29, 1.82) is 0 Å². The van der Waals surface area contributed by atoms with E-state index in [1.807, 2.05) is 0 Å². The summed E-state index contributed by atoms with van der Waals surface area (Å²) < 4.78 is 21.8. The van der Waals surface area contributed by atoms with Gasteiger partial charge in [-0.05, 0) is 48.2 Å². The Morgan fingerprint density at radius 2 is 1.74 bits per heavy atom. The molecule has 0 aromatic heterocycles. The summed E-state index contributed by atoms with van der Waals surface area (Å²) in [4.78, 5) is 0. The zero-order chi connectivity index (χ0) is 25.5. The number of rotatable bonds is 11. The predicted octanol–water partition coefficient (Wildman–Crippen LogP) is -0.383. The zero-order valence-corrected chi connectivity index (χ0v) is 19.2. The Hall–Kier alpha value is -2.64. The molecule has 194 valence electrons. The van der Waals surface area contributed by atoms with Gasteiger partial charge in [-0.3, -0.25) is 0 Å². The summed E-state index contributed by atoms with van der Waals surface area (Å²) in [6, 6.07) is 9.14. The summed E-state index contributed by atoms with van der Waals surface area (Å²) >= 11 is 0. The van der Waals surface area contributed by atoms with Gasteiger partial charge >= 0.3 is 0 Å². The van der Waals surface area contributed by atoms with Crippen molar-refractivity contribution in [3.05, 3.63) is 47.5 Å². The summed E-state index contributed by atoms with van der Waals surface area (Å²) in [7, 11) is 1.37. The number of aliphatic hydroxyl groups is 6. The number of hydrogen-bond donors (Lipinski definition) is 7.